The van der Waals surface area contributed by atoms with Crippen LogP contribution in [0, 0.1) is 5.82 Å². The Hall–Kier alpha value is -2.89. The largest absolute Gasteiger partial charge is 0.481 e. The summed E-state index contributed by atoms with van der Waals surface area (Å²) in [7, 11) is 0. The van der Waals surface area contributed by atoms with E-state index in [1.54, 1.807) is 31.2 Å². The van der Waals surface area contributed by atoms with Crippen LogP contribution in [-0.2, 0) is 22.6 Å². The lowest BCUT2D eigenvalue weighted by atomic mass is 10.1. The summed E-state index contributed by atoms with van der Waals surface area (Å²) in [6.07, 6.45) is 1.72. The number of hydrogen-bond acceptors (Lipinski definition) is 3. The van der Waals surface area contributed by atoms with Gasteiger partial charge < -0.3 is 15.0 Å². The highest BCUT2D eigenvalue weighted by Gasteiger charge is 2.37. The molecule has 4 rings (SSSR count). The molecule has 0 saturated heterocycles. The average Bonchev–Trinajstić information content (AvgIpc) is 3.47. The quantitative estimate of drug-likeness (QED) is 0.901. The zero-order valence-corrected chi connectivity index (χ0v) is 15.1. The standard InChI is InChI=1S/C21H21FN2O3/c1-13-21(26)24(18-7-8-18)12-15-11-17(6-9-19(15)27-13)23-20(25)10-14-2-4-16(22)5-3-14/h2-6,9,11,13,18H,7-8,10,12H2,1H3,(H,23,25). The summed E-state index contributed by atoms with van der Waals surface area (Å²) in [6.45, 7) is 2.26. The van der Waals surface area contributed by atoms with Crippen molar-refractivity contribution < 1.29 is 18.7 Å². The van der Waals surface area contributed by atoms with Crippen molar-refractivity contribution in [3.05, 3.63) is 59.4 Å². The number of anilines is 1. The Morgan fingerprint density at radius 1 is 1.22 bits per heavy atom. The number of nitrogens with zero attached hydrogens (tertiary/aromatic N) is 1. The summed E-state index contributed by atoms with van der Waals surface area (Å²) in [5.41, 5.74) is 2.28. The Labute approximate surface area is 157 Å². The Bertz CT molecular complexity index is 877. The summed E-state index contributed by atoms with van der Waals surface area (Å²) in [4.78, 5) is 26.7. The van der Waals surface area contributed by atoms with E-state index in [-0.39, 0.29) is 24.1 Å². The number of nitrogens with one attached hydrogen (secondary N) is 1. The van der Waals surface area contributed by atoms with E-state index < -0.39 is 6.10 Å². The van der Waals surface area contributed by atoms with Crippen molar-refractivity contribution in [1.29, 1.82) is 0 Å². The SMILES string of the molecule is CC1Oc2ccc(NC(=O)Cc3ccc(F)cc3)cc2CN(C2CC2)C1=O. The van der Waals surface area contributed by atoms with Gasteiger partial charge in [-0.25, -0.2) is 4.39 Å². The van der Waals surface area contributed by atoms with Gasteiger partial charge in [0.05, 0.1) is 6.42 Å². The first kappa shape index (κ1) is 17.5. The van der Waals surface area contributed by atoms with E-state index in [1.165, 1.54) is 12.1 Å². The van der Waals surface area contributed by atoms with E-state index in [0.717, 1.165) is 24.0 Å². The summed E-state index contributed by atoms with van der Waals surface area (Å²) in [6, 6.07) is 11.6. The van der Waals surface area contributed by atoms with E-state index in [9.17, 15) is 14.0 Å². The number of carbonyl (C=O) groups is 2. The molecule has 5 nitrogen and oxygen atoms in total. The predicted octanol–water partition coefficient (Wildman–Crippen LogP) is 3.28. The fourth-order valence-electron chi connectivity index (χ4n) is 3.32. The van der Waals surface area contributed by atoms with Crippen molar-refractivity contribution in [3.8, 4) is 5.75 Å². The van der Waals surface area contributed by atoms with Gasteiger partial charge in [0.25, 0.3) is 5.91 Å². The first-order valence-corrected chi connectivity index (χ1v) is 9.14. The molecule has 140 valence electrons. The van der Waals surface area contributed by atoms with Gasteiger partial charge in [-0.05, 0) is 55.7 Å². The lowest BCUT2D eigenvalue weighted by Crippen LogP contribution is -2.39. The van der Waals surface area contributed by atoms with Crippen LogP contribution in [0.1, 0.15) is 30.9 Å². The second kappa shape index (κ2) is 7.02. The maximum Gasteiger partial charge on any atom is 0.263 e. The molecule has 0 bridgehead atoms. The van der Waals surface area contributed by atoms with Gasteiger partial charge in [-0.2, -0.15) is 0 Å². The van der Waals surface area contributed by atoms with Gasteiger partial charge in [0.2, 0.25) is 5.91 Å². The molecule has 1 aliphatic heterocycles. The number of halogens is 1. The molecule has 1 saturated carbocycles. The minimum atomic E-state index is -0.509. The van der Waals surface area contributed by atoms with Gasteiger partial charge in [-0.3, -0.25) is 9.59 Å². The van der Waals surface area contributed by atoms with E-state index >= 15 is 0 Å². The van der Waals surface area contributed by atoms with Gasteiger partial charge in [0.1, 0.15) is 11.6 Å². The number of amides is 2. The van der Waals surface area contributed by atoms with Crippen molar-refractivity contribution >= 4 is 17.5 Å². The number of hydrogen-bond donors (Lipinski definition) is 1. The molecule has 0 radical (unpaired) electrons. The Balaban J connectivity index is 1.49. The van der Waals surface area contributed by atoms with Crippen molar-refractivity contribution in [2.24, 2.45) is 0 Å². The molecule has 1 atom stereocenters. The van der Waals surface area contributed by atoms with Crippen LogP contribution in [0.25, 0.3) is 0 Å². The van der Waals surface area contributed by atoms with Crippen molar-refractivity contribution in [2.75, 3.05) is 5.32 Å². The third kappa shape index (κ3) is 3.94. The van der Waals surface area contributed by atoms with Crippen LogP contribution in [0.3, 0.4) is 0 Å². The lowest BCUT2D eigenvalue weighted by molar-refractivity contribution is -0.138. The van der Waals surface area contributed by atoms with Crippen LogP contribution in [0.2, 0.25) is 0 Å². The smallest absolute Gasteiger partial charge is 0.263 e. The minimum Gasteiger partial charge on any atom is -0.481 e. The van der Waals surface area contributed by atoms with Crippen molar-refractivity contribution in [1.82, 2.24) is 4.90 Å². The Morgan fingerprint density at radius 2 is 1.96 bits per heavy atom. The van der Waals surface area contributed by atoms with Crippen molar-refractivity contribution in [3.63, 3.8) is 0 Å². The van der Waals surface area contributed by atoms with Gasteiger partial charge in [-0.15, -0.1) is 0 Å². The second-order valence-corrected chi connectivity index (χ2v) is 7.13. The molecule has 2 amide bonds. The molecule has 0 aromatic heterocycles. The van der Waals surface area contributed by atoms with Crippen LogP contribution in [-0.4, -0.2) is 28.9 Å². The van der Waals surface area contributed by atoms with E-state index in [0.29, 0.717) is 24.0 Å². The van der Waals surface area contributed by atoms with Gasteiger partial charge in [-0.1, -0.05) is 12.1 Å². The number of carbonyl (C=O) groups excluding carboxylic acids is 2. The highest BCUT2D eigenvalue weighted by Crippen LogP contribution is 2.35. The molecule has 1 fully saturated rings. The van der Waals surface area contributed by atoms with Crippen molar-refractivity contribution in [2.45, 2.75) is 44.9 Å². The molecule has 6 heteroatoms. The molecule has 0 spiro atoms. The second-order valence-electron chi connectivity index (χ2n) is 7.13. The molecule has 2 aliphatic rings. The molecular formula is C21H21FN2O3. The van der Waals surface area contributed by atoms with E-state index in [1.807, 2.05) is 11.0 Å². The monoisotopic (exact) mass is 368 g/mol. The molecule has 1 heterocycles. The number of rotatable bonds is 4. The zero-order chi connectivity index (χ0) is 19.0. The van der Waals surface area contributed by atoms with Crippen LogP contribution >= 0.6 is 0 Å². The molecule has 2 aromatic carbocycles. The van der Waals surface area contributed by atoms with Crippen LogP contribution in [0.5, 0.6) is 5.75 Å². The topological polar surface area (TPSA) is 58.6 Å². The number of benzene rings is 2. The molecule has 1 N–H and O–H groups in total. The Morgan fingerprint density at radius 3 is 2.67 bits per heavy atom. The summed E-state index contributed by atoms with van der Waals surface area (Å²) < 4.78 is 18.8. The van der Waals surface area contributed by atoms with Crippen LogP contribution < -0.4 is 10.1 Å². The van der Waals surface area contributed by atoms with E-state index in [4.69, 9.17) is 4.74 Å². The third-order valence-electron chi connectivity index (χ3n) is 4.89. The van der Waals surface area contributed by atoms with Crippen LogP contribution in [0.15, 0.2) is 42.5 Å². The number of ether oxygens (including phenoxy) is 1. The summed E-state index contributed by atoms with van der Waals surface area (Å²) in [5.74, 6) is 0.180. The normalized spacial score (nSPS) is 19.1. The van der Waals surface area contributed by atoms with Crippen LogP contribution in [0.4, 0.5) is 10.1 Å². The third-order valence-corrected chi connectivity index (χ3v) is 4.89. The molecule has 27 heavy (non-hydrogen) atoms. The van der Waals surface area contributed by atoms with Gasteiger partial charge >= 0.3 is 0 Å². The maximum atomic E-state index is 13.0. The first-order chi connectivity index (χ1) is 13.0. The number of fused-ring (bicyclic) bond motifs is 1. The van der Waals surface area contributed by atoms with E-state index in [2.05, 4.69) is 5.32 Å². The van der Waals surface area contributed by atoms with Gasteiger partial charge in [0, 0.05) is 23.8 Å². The lowest BCUT2D eigenvalue weighted by Gasteiger charge is -2.21. The minimum absolute atomic E-state index is 0.00981. The van der Waals surface area contributed by atoms with Gasteiger partial charge in [0.15, 0.2) is 6.10 Å². The molecular weight excluding hydrogens is 347 g/mol. The Kier molecular flexibility index (Phi) is 4.56. The fourth-order valence-corrected chi connectivity index (χ4v) is 3.32. The molecule has 1 aliphatic carbocycles. The summed E-state index contributed by atoms with van der Waals surface area (Å²) >= 11 is 0. The molecule has 2 aromatic rings. The maximum absolute atomic E-state index is 13.0. The fraction of sp³-hybridized carbons (Fsp3) is 0.333. The molecule has 1 unspecified atom stereocenters. The first-order valence-electron chi connectivity index (χ1n) is 9.14. The summed E-state index contributed by atoms with van der Waals surface area (Å²) in [5, 5.41) is 2.87. The highest BCUT2D eigenvalue weighted by molar-refractivity contribution is 5.92. The zero-order valence-electron chi connectivity index (χ0n) is 15.1. The highest BCUT2D eigenvalue weighted by atomic mass is 19.1. The predicted molar refractivity (Wildman–Crippen MR) is 98.8 cm³/mol. The average molecular weight is 368 g/mol.